The second-order valence-corrected chi connectivity index (χ2v) is 22.2. The summed E-state index contributed by atoms with van der Waals surface area (Å²) in [5.74, 6) is -1.12. The molecule has 0 spiro atoms. The monoisotopic (exact) mass is 520 g/mol. The van der Waals surface area contributed by atoms with E-state index in [1.54, 1.807) is 6.92 Å². The van der Waals surface area contributed by atoms with E-state index in [-0.39, 0.29) is 31.4 Å². The molecular weight excluding hydrogens is 491 g/mol. The number of aromatic nitrogens is 2. The zero-order chi connectivity index (χ0) is 21.8. The summed E-state index contributed by atoms with van der Waals surface area (Å²) >= 11 is -2.79. The van der Waals surface area contributed by atoms with Gasteiger partial charge in [-0.25, -0.2) is 0 Å². The van der Waals surface area contributed by atoms with Gasteiger partial charge in [0.05, 0.1) is 6.61 Å². The topological polar surface area (TPSA) is 137 Å². The quantitative estimate of drug-likeness (QED) is 0.351. The Balaban J connectivity index is 2.13. The van der Waals surface area contributed by atoms with Gasteiger partial charge in [0.1, 0.15) is 0 Å². The van der Waals surface area contributed by atoms with Gasteiger partial charge in [0.15, 0.2) is 0 Å². The van der Waals surface area contributed by atoms with Gasteiger partial charge >= 0.3 is 159 Å². The van der Waals surface area contributed by atoms with E-state index in [9.17, 15) is 24.3 Å². The van der Waals surface area contributed by atoms with Crippen LogP contribution in [0.2, 0.25) is 14.8 Å². The summed E-state index contributed by atoms with van der Waals surface area (Å²) in [6.45, 7) is 1.49. The van der Waals surface area contributed by atoms with Gasteiger partial charge in [0.2, 0.25) is 0 Å². The molecule has 2 rings (SSSR count). The van der Waals surface area contributed by atoms with Crippen molar-refractivity contribution in [1.29, 1.82) is 0 Å². The Morgan fingerprint density at radius 2 is 1.93 bits per heavy atom. The van der Waals surface area contributed by atoms with Crippen LogP contribution in [0.1, 0.15) is 32.4 Å². The Bertz CT molecular complexity index is 857. The number of aliphatic hydroxyl groups is 1. The Kier molecular flexibility index (Phi) is 8.06. The molecule has 0 saturated carbocycles. The van der Waals surface area contributed by atoms with Crippen LogP contribution in [-0.2, 0) is 23.8 Å². The molecule has 3 atom stereocenters. The van der Waals surface area contributed by atoms with Gasteiger partial charge in [0.25, 0.3) is 0 Å². The average molecular weight is 519 g/mol. The Morgan fingerprint density at radius 3 is 2.52 bits per heavy atom. The maximum atomic E-state index is 12.3. The van der Waals surface area contributed by atoms with Crippen molar-refractivity contribution < 1.29 is 28.9 Å². The second-order valence-electron chi connectivity index (χ2n) is 7.84. The van der Waals surface area contributed by atoms with Crippen LogP contribution in [0.3, 0.4) is 0 Å². The van der Waals surface area contributed by atoms with E-state index in [2.05, 4.69) is 4.98 Å². The van der Waals surface area contributed by atoms with E-state index >= 15 is 0 Å². The van der Waals surface area contributed by atoms with Crippen molar-refractivity contribution in [3.05, 3.63) is 27.0 Å². The van der Waals surface area contributed by atoms with E-state index < -0.39 is 61.0 Å². The van der Waals surface area contributed by atoms with E-state index in [0.717, 1.165) is 0 Å². The van der Waals surface area contributed by atoms with E-state index in [0.29, 0.717) is 3.58 Å². The van der Waals surface area contributed by atoms with Gasteiger partial charge in [-0.3, -0.25) is 0 Å². The van der Waals surface area contributed by atoms with Gasteiger partial charge in [-0.1, -0.05) is 0 Å². The summed E-state index contributed by atoms with van der Waals surface area (Å²) in [5, 5.41) is 9.57. The van der Waals surface area contributed by atoms with Gasteiger partial charge in [-0.2, -0.15) is 0 Å². The number of nitrogens with one attached hydrogen (secondary N) is 1. The summed E-state index contributed by atoms with van der Waals surface area (Å²) in [4.78, 5) is 56.3. The van der Waals surface area contributed by atoms with E-state index in [1.807, 2.05) is 14.8 Å². The third kappa shape index (κ3) is 6.16. The number of carbonyl (C=O) groups is 2. The molecule has 0 bridgehead atoms. The van der Waals surface area contributed by atoms with Crippen LogP contribution < -0.4 is 14.8 Å². The summed E-state index contributed by atoms with van der Waals surface area (Å²) < 4.78 is 17.7. The number of H-pyrrole nitrogens is 1. The molecule has 0 aliphatic carbocycles. The molecule has 0 amide bonds. The SMILES string of the molecule is CCOC(=O)CCC(=O)O[C@H]1C[C@H](n2c[c]([Sn]([CH3])([CH3])[CH3])c(=O)[nH]c2=O)O[C@@H]1CO. The molecule has 2 N–H and O–H groups in total. The molecule has 1 aromatic heterocycles. The molecule has 10 nitrogen and oxygen atoms in total. The molecule has 11 heteroatoms. The number of rotatable bonds is 8. The summed E-state index contributed by atoms with van der Waals surface area (Å²) in [6.07, 6.45) is -0.962. The van der Waals surface area contributed by atoms with Crippen molar-refractivity contribution in [2.75, 3.05) is 13.2 Å². The van der Waals surface area contributed by atoms with Crippen molar-refractivity contribution in [2.45, 2.75) is 59.4 Å². The molecule has 0 unspecified atom stereocenters. The predicted molar refractivity (Wildman–Crippen MR) is 106 cm³/mol. The number of aliphatic hydroxyl groups excluding tert-OH is 1. The first-order chi connectivity index (χ1) is 13.6. The zero-order valence-corrected chi connectivity index (χ0v) is 20.0. The molecule has 29 heavy (non-hydrogen) atoms. The van der Waals surface area contributed by atoms with Crippen LogP contribution in [0.5, 0.6) is 0 Å². The van der Waals surface area contributed by atoms with Crippen LogP contribution in [-0.4, -0.2) is 70.4 Å². The van der Waals surface area contributed by atoms with Crippen molar-refractivity contribution >= 4 is 33.9 Å². The number of aromatic amines is 1. The molecule has 1 aliphatic rings. The van der Waals surface area contributed by atoms with Crippen molar-refractivity contribution in [3.63, 3.8) is 0 Å². The first kappa shape index (κ1) is 23.6. The molecule has 1 aromatic rings. The molecule has 1 fully saturated rings. The fourth-order valence-corrected chi connectivity index (χ4v) is 6.68. The standard InChI is InChI=1S/C15H19N2O8.3CH3.Sn/c1-2-23-13(20)3-4-14(21)25-9-7-12(24-10(9)8-18)17-6-5-11(19)16-15(17)22;;;;/h6,9-10,12,18H,2-4,7-8H2,1H3,(H,16,19,22);3*1H3;/t9-,10+,12+;;;;/m0..../s1. The van der Waals surface area contributed by atoms with E-state index in [4.69, 9.17) is 14.2 Å². The average Bonchev–Trinajstić information content (AvgIpc) is 3.01. The first-order valence-electron chi connectivity index (χ1n) is 9.54. The minimum absolute atomic E-state index is 0.102. The number of ether oxygens (including phenoxy) is 3. The van der Waals surface area contributed by atoms with E-state index in [1.165, 1.54) is 10.8 Å². The van der Waals surface area contributed by atoms with Crippen molar-refractivity contribution in [3.8, 4) is 0 Å². The van der Waals surface area contributed by atoms with Crippen LogP contribution in [0.4, 0.5) is 0 Å². The van der Waals surface area contributed by atoms with Gasteiger partial charge in [-0.15, -0.1) is 0 Å². The summed E-state index contributed by atoms with van der Waals surface area (Å²) in [7, 11) is 0. The maximum absolute atomic E-state index is 12.3. The summed E-state index contributed by atoms with van der Waals surface area (Å²) in [5.41, 5.74) is -1.00. The van der Waals surface area contributed by atoms with Crippen LogP contribution in [0, 0.1) is 0 Å². The minimum atomic E-state index is -2.79. The van der Waals surface area contributed by atoms with Crippen LogP contribution in [0.15, 0.2) is 15.8 Å². The molecule has 1 aliphatic heterocycles. The Labute approximate surface area is 172 Å². The summed E-state index contributed by atoms with van der Waals surface area (Å²) in [6, 6.07) is 0. The van der Waals surface area contributed by atoms with Gasteiger partial charge in [-0.05, 0) is 6.92 Å². The number of esters is 2. The van der Waals surface area contributed by atoms with Gasteiger partial charge in [0, 0.05) is 0 Å². The fraction of sp³-hybridized carbons (Fsp3) is 0.667. The zero-order valence-electron chi connectivity index (χ0n) is 17.1. The third-order valence-electron chi connectivity index (χ3n) is 4.57. The number of hydrogen-bond acceptors (Lipinski definition) is 8. The van der Waals surface area contributed by atoms with Crippen molar-refractivity contribution in [2.24, 2.45) is 0 Å². The number of hydrogen-bond donors (Lipinski definition) is 2. The normalized spacial score (nSPS) is 21.8. The Hall–Kier alpha value is -1.66. The molecular formula is C18H28N2O8Sn. The fourth-order valence-electron chi connectivity index (χ4n) is 3.06. The second kappa shape index (κ2) is 9.90. The van der Waals surface area contributed by atoms with Crippen LogP contribution >= 0.6 is 0 Å². The third-order valence-corrected chi connectivity index (χ3v) is 10.2. The number of nitrogens with zero attached hydrogens (tertiary/aromatic N) is 1. The number of carbonyl (C=O) groups excluding carboxylic acids is 2. The molecule has 162 valence electrons. The molecule has 1 saturated heterocycles. The van der Waals surface area contributed by atoms with Crippen molar-refractivity contribution in [1.82, 2.24) is 9.55 Å². The predicted octanol–water partition coefficient (Wildman–Crippen LogP) is -0.383. The molecule has 2 heterocycles. The molecule has 0 radical (unpaired) electrons. The first-order valence-corrected chi connectivity index (χ1v) is 19.5. The Morgan fingerprint density at radius 1 is 1.28 bits per heavy atom. The van der Waals surface area contributed by atoms with Crippen LogP contribution in [0.25, 0.3) is 0 Å². The molecule has 0 aromatic carbocycles. The van der Waals surface area contributed by atoms with Gasteiger partial charge < -0.3 is 0 Å².